The van der Waals surface area contributed by atoms with E-state index in [1.807, 2.05) is 0 Å². The Hall–Kier alpha value is -1.27. The molecule has 0 aromatic rings. The van der Waals surface area contributed by atoms with Gasteiger partial charge in [0, 0.05) is 6.54 Å². The quantitative estimate of drug-likeness (QED) is 0.677. The molecule has 0 spiro atoms. The van der Waals surface area contributed by atoms with Crippen LogP contribution in [0, 0.1) is 5.92 Å². The molecule has 0 aliphatic carbocycles. The van der Waals surface area contributed by atoms with Crippen LogP contribution in [0.25, 0.3) is 0 Å². The highest BCUT2D eigenvalue weighted by Gasteiger charge is 2.47. The number of likely N-dealkylation sites (tertiary alicyclic amines) is 1. The number of ether oxygens (including phenoxy) is 1. The minimum Gasteiger partial charge on any atom is -0.444 e. The number of piperidine rings is 1. The fraction of sp³-hybridized carbons (Fsp3) is 0.818. The average molecular weight is 267 g/mol. The molecule has 0 aromatic heterocycles. The zero-order chi connectivity index (χ0) is 14.1. The van der Waals surface area contributed by atoms with E-state index in [-0.39, 0.29) is 6.54 Å². The Balaban J connectivity index is 2.62. The maximum absolute atomic E-state index is 12.4. The number of carbonyl (C=O) groups excluding carboxylic acids is 2. The van der Waals surface area contributed by atoms with Gasteiger partial charge in [0.1, 0.15) is 11.5 Å². The number of hydrogen-bond acceptors (Lipinski definition) is 3. The van der Waals surface area contributed by atoms with Gasteiger partial charge in [-0.2, -0.15) is 13.2 Å². The first-order chi connectivity index (χ1) is 8.00. The van der Waals surface area contributed by atoms with Crippen LogP contribution in [0.2, 0.25) is 0 Å². The zero-order valence-electron chi connectivity index (χ0n) is 10.5. The number of carbonyl (C=O) groups is 2. The molecule has 0 aromatic carbocycles. The normalized spacial score (nSPS) is 22.0. The van der Waals surface area contributed by atoms with E-state index >= 15 is 0 Å². The van der Waals surface area contributed by atoms with Gasteiger partial charge in [-0.05, 0) is 27.2 Å². The van der Waals surface area contributed by atoms with E-state index in [2.05, 4.69) is 0 Å². The topological polar surface area (TPSA) is 46.6 Å². The highest BCUT2D eigenvalue weighted by molar-refractivity contribution is 5.87. The van der Waals surface area contributed by atoms with Gasteiger partial charge >= 0.3 is 12.3 Å². The Morgan fingerprint density at radius 2 is 1.89 bits per heavy atom. The van der Waals surface area contributed by atoms with Gasteiger partial charge in [-0.1, -0.05) is 0 Å². The van der Waals surface area contributed by atoms with Gasteiger partial charge in [-0.25, -0.2) is 4.79 Å². The summed E-state index contributed by atoms with van der Waals surface area (Å²) in [5.74, 6) is -2.95. The Morgan fingerprint density at radius 3 is 2.28 bits per heavy atom. The highest BCUT2D eigenvalue weighted by atomic mass is 19.4. The summed E-state index contributed by atoms with van der Waals surface area (Å²) in [5, 5.41) is 0. The van der Waals surface area contributed by atoms with E-state index in [1.165, 1.54) is 0 Å². The second-order valence-electron chi connectivity index (χ2n) is 5.25. The lowest BCUT2D eigenvalue weighted by Crippen LogP contribution is -2.49. The monoisotopic (exact) mass is 267 g/mol. The van der Waals surface area contributed by atoms with E-state index in [0.29, 0.717) is 0 Å². The molecular formula is C11H16F3NO3. The number of halogens is 3. The molecule has 1 aliphatic rings. The van der Waals surface area contributed by atoms with Crippen molar-refractivity contribution in [1.29, 1.82) is 0 Å². The first-order valence-corrected chi connectivity index (χ1v) is 5.58. The van der Waals surface area contributed by atoms with Crippen molar-refractivity contribution < 1.29 is 27.5 Å². The molecule has 1 amide bonds. The summed E-state index contributed by atoms with van der Waals surface area (Å²) in [7, 11) is 0. The fourth-order valence-electron chi connectivity index (χ4n) is 1.65. The van der Waals surface area contributed by atoms with Gasteiger partial charge < -0.3 is 9.64 Å². The maximum atomic E-state index is 12.4. The van der Waals surface area contributed by atoms with Crippen molar-refractivity contribution in [2.45, 2.75) is 39.0 Å². The van der Waals surface area contributed by atoms with Gasteiger partial charge in [0.2, 0.25) is 0 Å². The first kappa shape index (κ1) is 14.8. The van der Waals surface area contributed by atoms with Crippen LogP contribution in [0.15, 0.2) is 0 Å². The van der Waals surface area contributed by atoms with E-state index in [9.17, 15) is 22.8 Å². The van der Waals surface area contributed by atoms with E-state index in [4.69, 9.17) is 4.74 Å². The van der Waals surface area contributed by atoms with Crippen molar-refractivity contribution in [2.75, 3.05) is 13.1 Å². The Bertz CT molecular complexity index is 344. The van der Waals surface area contributed by atoms with E-state index in [0.717, 1.165) is 4.90 Å². The van der Waals surface area contributed by atoms with Crippen LogP contribution in [0.4, 0.5) is 18.0 Å². The summed E-state index contributed by atoms with van der Waals surface area (Å²) in [6.45, 7) is 4.28. The summed E-state index contributed by atoms with van der Waals surface area (Å²) in [6.07, 6.45) is -5.69. The molecule has 1 heterocycles. The van der Waals surface area contributed by atoms with Crippen molar-refractivity contribution in [3.63, 3.8) is 0 Å². The molecule has 1 rings (SSSR count). The molecule has 0 N–H and O–H groups in total. The Kier molecular flexibility index (Phi) is 3.92. The van der Waals surface area contributed by atoms with Crippen LogP contribution in [0.3, 0.4) is 0 Å². The standard InChI is InChI=1S/C11H16F3NO3/c1-10(2,3)18-9(17)15-5-4-7(8(16)6-15)11(12,13)14/h7H,4-6H2,1-3H3. The number of Topliss-reactive ketones (excluding diaryl/α,β-unsaturated/α-hetero) is 1. The van der Waals surface area contributed by atoms with Gasteiger partial charge in [0.05, 0.1) is 6.54 Å². The molecule has 1 saturated heterocycles. The number of rotatable bonds is 0. The zero-order valence-corrected chi connectivity index (χ0v) is 10.5. The third kappa shape index (κ3) is 3.89. The lowest BCUT2D eigenvalue weighted by molar-refractivity contribution is -0.187. The minimum absolute atomic E-state index is 0.120. The van der Waals surface area contributed by atoms with Gasteiger partial charge in [0.15, 0.2) is 5.78 Å². The van der Waals surface area contributed by atoms with Crippen LogP contribution in [-0.2, 0) is 9.53 Å². The molecule has 1 fully saturated rings. The summed E-state index contributed by atoms with van der Waals surface area (Å²) in [6, 6.07) is 0. The Labute approximate surface area is 103 Å². The molecule has 7 heteroatoms. The molecule has 1 atom stereocenters. The molecular weight excluding hydrogens is 251 g/mol. The molecule has 1 aliphatic heterocycles. The van der Waals surface area contributed by atoms with Crippen molar-refractivity contribution in [3.05, 3.63) is 0 Å². The lowest BCUT2D eigenvalue weighted by Gasteiger charge is -2.33. The minimum atomic E-state index is -4.53. The highest BCUT2D eigenvalue weighted by Crippen LogP contribution is 2.32. The number of alkyl halides is 3. The first-order valence-electron chi connectivity index (χ1n) is 5.58. The molecule has 0 radical (unpaired) electrons. The third-order valence-corrected chi connectivity index (χ3v) is 2.47. The van der Waals surface area contributed by atoms with Crippen LogP contribution in [0.1, 0.15) is 27.2 Å². The summed E-state index contributed by atoms with van der Waals surface area (Å²) < 4.78 is 42.3. The van der Waals surface area contributed by atoms with Crippen LogP contribution in [0.5, 0.6) is 0 Å². The van der Waals surface area contributed by atoms with Gasteiger partial charge in [0.25, 0.3) is 0 Å². The molecule has 0 saturated carbocycles. The molecule has 1 unspecified atom stereocenters. The van der Waals surface area contributed by atoms with Gasteiger partial charge in [-0.3, -0.25) is 4.79 Å². The lowest BCUT2D eigenvalue weighted by atomic mass is 9.95. The summed E-state index contributed by atoms with van der Waals surface area (Å²) >= 11 is 0. The number of hydrogen-bond donors (Lipinski definition) is 0. The Morgan fingerprint density at radius 1 is 1.33 bits per heavy atom. The fourth-order valence-corrected chi connectivity index (χ4v) is 1.65. The summed E-state index contributed by atoms with van der Waals surface area (Å²) in [4.78, 5) is 23.9. The van der Waals surface area contributed by atoms with Crippen molar-refractivity contribution >= 4 is 11.9 Å². The number of amides is 1. The van der Waals surface area contributed by atoms with Crippen molar-refractivity contribution in [1.82, 2.24) is 4.90 Å². The smallest absolute Gasteiger partial charge is 0.410 e. The largest absolute Gasteiger partial charge is 0.444 e. The van der Waals surface area contributed by atoms with Crippen LogP contribution >= 0.6 is 0 Å². The molecule has 18 heavy (non-hydrogen) atoms. The van der Waals surface area contributed by atoms with E-state index < -0.39 is 42.5 Å². The second-order valence-corrected chi connectivity index (χ2v) is 5.25. The van der Waals surface area contributed by atoms with Crippen LogP contribution in [-0.4, -0.2) is 41.6 Å². The number of nitrogens with zero attached hydrogens (tertiary/aromatic N) is 1. The SMILES string of the molecule is CC(C)(C)OC(=O)N1CCC(C(F)(F)F)C(=O)C1. The van der Waals surface area contributed by atoms with Crippen molar-refractivity contribution in [3.8, 4) is 0 Å². The predicted molar refractivity (Wildman–Crippen MR) is 57.0 cm³/mol. The summed E-state index contributed by atoms with van der Waals surface area (Å²) in [5.41, 5.74) is -0.735. The number of ketones is 1. The molecule has 4 nitrogen and oxygen atoms in total. The predicted octanol–water partition coefficient (Wildman–Crippen LogP) is 2.37. The van der Waals surface area contributed by atoms with Crippen LogP contribution < -0.4 is 0 Å². The third-order valence-electron chi connectivity index (χ3n) is 2.47. The second kappa shape index (κ2) is 4.78. The molecule has 104 valence electrons. The maximum Gasteiger partial charge on any atom is 0.410 e. The average Bonchev–Trinajstić information content (AvgIpc) is 2.12. The van der Waals surface area contributed by atoms with E-state index in [1.54, 1.807) is 20.8 Å². The van der Waals surface area contributed by atoms with Gasteiger partial charge in [-0.15, -0.1) is 0 Å². The molecule has 0 bridgehead atoms. The van der Waals surface area contributed by atoms with Crippen molar-refractivity contribution in [2.24, 2.45) is 5.92 Å².